The zero-order chi connectivity index (χ0) is 21.6. The molecular weight excluding hydrogens is 404 g/mol. The normalized spacial score (nSPS) is 13.5. The zero-order valence-corrected chi connectivity index (χ0v) is 15.8. The van der Waals surface area contributed by atoms with E-state index in [0.29, 0.717) is 23.7 Å². The molecule has 156 valence electrons. The third-order valence-corrected chi connectivity index (χ3v) is 4.95. The minimum atomic E-state index is -4.50. The number of ether oxygens (including phenoxy) is 1. The van der Waals surface area contributed by atoms with Gasteiger partial charge < -0.3 is 15.4 Å². The van der Waals surface area contributed by atoms with Crippen LogP contribution in [0.2, 0.25) is 0 Å². The fourth-order valence-corrected chi connectivity index (χ4v) is 3.36. The van der Waals surface area contributed by atoms with Gasteiger partial charge in [-0.2, -0.15) is 13.2 Å². The van der Waals surface area contributed by atoms with Crippen molar-refractivity contribution in [2.24, 2.45) is 0 Å². The summed E-state index contributed by atoms with van der Waals surface area (Å²) in [4.78, 5) is 21.9. The van der Waals surface area contributed by atoms with Gasteiger partial charge in [0.05, 0.1) is 42.1 Å². The van der Waals surface area contributed by atoms with Crippen LogP contribution < -0.4 is 5.73 Å². The molecule has 2 N–H and O–H groups in total. The van der Waals surface area contributed by atoms with Crippen LogP contribution in [0.3, 0.4) is 0 Å². The van der Waals surface area contributed by atoms with Crippen molar-refractivity contribution >= 4 is 22.6 Å². The van der Waals surface area contributed by atoms with Crippen LogP contribution in [-0.4, -0.2) is 27.8 Å². The van der Waals surface area contributed by atoms with Crippen LogP contribution in [0.25, 0.3) is 10.9 Å². The first-order valence-electron chi connectivity index (χ1n) is 8.91. The highest BCUT2D eigenvalue weighted by Crippen LogP contribution is 2.33. The van der Waals surface area contributed by atoms with Crippen LogP contribution in [0.5, 0.6) is 0 Å². The van der Waals surface area contributed by atoms with E-state index in [2.05, 4.69) is 9.97 Å². The van der Waals surface area contributed by atoms with Crippen LogP contribution in [-0.2, 0) is 30.7 Å². The van der Waals surface area contributed by atoms with Gasteiger partial charge in [-0.05, 0) is 23.8 Å². The number of rotatable bonds is 3. The molecule has 4 rings (SSSR count). The molecule has 0 radical (unpaired) electrons. The maximum absolute atomic E-state index is 14.6. The number of benzene rings is 1. The van der Waals surface area contributed by atoms with Crippen LogP contribution in [0.1, 0.15) is 32.7 Å². The van der Waals surface area contributed by atoms with Crippen LogP contribution in [0.15, 0.2) is 30.5 Å². The van der Waals surface area contributed by atoms with Crippen molar-refractivity contribution in [2.45, 2.75) is 25.9 Å². The Labute approximate surface area is 168 Å². The summed E-state index contributed by atoms with van der Waals surface area (Å²) in [6.07, 6.45) is -3.80. The number of carbonyl (C=O) groups excluding carboxylic acids is 1. The highest BCUT2D eigenvalue weighted by Gasteiger charge is 2.30. The Hall–Kier alpha value is -3.27. The standard InChI is InChI=1S/C20H16F4N4O2/c1-28(7-11-3-2-10(6-26-11)20(22,23)24)19(29)13-4-12-14-8-30-9-15(14)18(25)27-17(12)5-16(13)21/h2-6H,7-9H2,1H3,(H2,25,27). The molecule has 30 heavy (non-hydrogen) atoms. The Kier molecular flexibility index (Phi) is 4.81. The first-order chi connectivity index (χ1) is 14.1. The number of nitrogens with zero attached hydrogens (tertiary/aromatic N) is 3. The SMILES string of the molecule is CN(Cc1ccc(C(F)(F)F)cn1)C(=O)c1cc2c3c(c(N)nc2cc1F)COC3. The van der Waals surface area contributed by atoms with Gasteiger partial charge >= 0.3 is 6.18 Å². The summed E-state index contributed by atoms with van der Waals surface area (Å²) in [5.74, 6) is -1.15. The molecule has 2 aromatic heterocycles. The molecule has 0 spiro atoms. The molecule has 0 saturated carbocycles. The van der Waals surface area contributed by atoms with E-state index in [4.69, 9.17) is 10.5 Å². The van der Waals surface area contributed by atoms with Crippen LogP contribution in [0, 0.1) is 5.82 Å². The van der Waals surface area contributed by atoms with E-state index in [0.717, 1.165) is 23.3 Å². The number of hydrogen-bond acceptors (Lipinski definition) is 5. The lowest BCUT2D eigenvalue weighted by Crippen LogP contribution is -2.27. The second kappa shape index (κ2) is 7.21. The van der Waals surface area contributed by atoms with Gasteiger partial charge in [-0.25, -0.2) is 9.37 Å². The summed E-state index contributed by atoms with van der Waals surface area (Å²) in [7, 11) is 1.42. The molecule has 0 aliphatic carbocycles. The summed E-state index contributed by atoms with van der Waals surface area (Å²) in [6.45, 7) is 0.489. The quantitative estimate of drug-likeness (QED) is 0.654. The number of aromatic nitrogens is 2. The van der Waals surface area contributed by atoms with Gasteiger partial charge in [0.25, 0.3) is 5.91 Å². The molecular formula is C20H16F4N4O2. The first-order valence-corrected chi connectivity index (χ1v) is 8.91. The van der Waals surface area contributed by atoms with Crippen molar-refractivity contribution in [3.8, 4) is 0 Å². The van der Waals surface area contributed by atoms with Gasteiger partial charge in [0, 0.05) is 30.3 Å². The van der Waals surface area contributed by atoms with Crippen LogP contribution in [0.4, 0.5) is 23.4 Å². The number of hydrogen-bond donors (Lipinski definition) is 1. The number of pyridine rings is 2. The van der Waals surface area contributed by atoms with E-state index in [1.165, 1.54) is 24.1 Å². The van der Waals surface area contributed by atoms with Crippen molar-refractivity contribution in [1.29, 1.82) is 0 Å². The summed E-state index contributed by atoms with van der Waals surface area (Å²) in [6, 6.07) is 4.61. The fraction of sp³-hybridized carbons (Fsp3) is 0.250. The van der Waals surface area contributed by atoms with Crippen molar-refractivity contribution < 1.29 is 27.1 Å². The van der Waals surface area contributed by atoms with E-state index < -0.39 is 23.5 Å². The average Bonchev–Trinajstić information content (AvgIpc) is 3.17. The minimum absolute atomic E-state index is 0.0876. The van der Waals surface area contributed by atoms with Crippen molar-refractivity contribution in [1.82, 2.24) is 14.9 Å². The third kappa shape index (κ3) is 3.54. The Morgan fingerprint density at radius 2 is 1.97 bits per heavy atom. The highest BCUT2D eigenvalue weighted by atomic mass is 19.4. The maximum atomic E-state index is 14.6. The molecule has 1 aliphatic rings. The Morgan fingerprint density at radius 1 is 1.23 bits per heavy atom. The number of carbonyl (C=O) groups is 1. The lowest BCUT2D eigenvalue weighted by Gasteiger charge is -2.18. The van der Waals surface area contributed by atoms with Gasteiger partial charge in [-0.3, -0.25) is 9.78 Å². The summed E-state index contributed by atoms with van der Waals surface area (Å²) in [5.41, 5.74) is 6.86. The second-order valence-corrected chi connectivity index (χ2v) is 6.99. The summed E-state index contributed by atoms with van der Waals surface area (Å²) < 4.78 is 58.0. The number of nitrogens with two attached hydrogens (primary N) is 1. The molecule has 0 atom stereocenters. The summed E-state index contributed by atoms with van der Waals surface area (Å²) >= 11 is 0. The van der Waals surface area contributed by atoms with E-state index in [1.54, 1.807) is 0 Å². The Balaban J connectivity index is 1.62. The molecule has 3 heterocycles. The Bertz CT molecular complexity index is 1150. The van der Waals surface area contributed by atoms with Crippen LogP contribution >= 0.6 is 0 Å². The van der Waals surface area contributed by atoms with Crippen molar-refractivity contribution in [3.05, 3.63) is 64.2 Å². The molecule has 1 amide bonds. The largest absolute Gasteiger partial charge is 0.417 e. The Morgan fingerprint density at radius 3 is 2.63 bits per heavy atom. The third-order valence-electron chi connectivity index (χ3n) is 4.95. The number of fused-ring (bicyclic) bond motifs is 3. The molecule has 0 bridgehead atoms. The first kappa shape index (κ1) is 20.0. The van der Waals surface area contributed by atoms with Gasteiger partial charge in [-0.1, -0.05) is 0 Å². The topological polar surface area (TPSA) is 81.3 Å². The predicted molar refractivity (Wildman–Crippen MR) is 99.6 cm³/mol. The molecule has 6 nitrogen and oxygen atoms in total. The average molecular weight is 420 g/mol. The number of nitrogen functional groups attached to an aromatic ring is 1. The highest BCUT2D eigenvalue weighted by molar-refractivity contribution is 5.99. The monoisotopic (exact) mass is 420 g/mol. The lowest BCUT2D eigenvalue weighted by atomic mass is 10.0. The van der Waals surface area contributed by atoms with Crippen molar-refractivity contribution in [2.75, 3.05) is 12.8 Å². The van der Waals surface area contributed by atoms with E-state index in [-0.39, 0.29) is 30.2 Å². The number of anilines is 1. The smallest absolute Gasteiger partial charge is 0.383 e. The van der Waals surface area contributed by atoms with Gasteiger partial charge in [0.15, 0.2) is 0 Å². The number of alkyl halides is 3. The number of halogens is 4. The van der Waals surface area contributed by atoms with Crippen molar-refractivity contribution in [3.63, 3.8) is 0 Å². The molecule has 3 aromatic rings. The number of amides is 1. The van der Waals surface area contributed by atoms with Gasteiger partial charge in [0.2, 0.25) is 0 Å². The molecule has 1 aliphatic heterocycles. The second-order valence-electron chi connectivity index (χ2n) is 6.99. The molecule has 0 fully saturated rings. The molecule has 1 aromatic carbocycles. The van der Waals surface area contributed by atoms with E-state index in [9.17, 15) is 22.4 Å². The summed E-state index contributed by atoms with van der Waals surface area (Å²) in [5, 5.41) is 0.572. The molecule has 10 heteroatoms. The van der Waals surface area contributed by atoms with Gasteiger partial charge in [0.1, 0.15) is 11.6 Å². The van der Waals surface area contributed by atoms with E-state index in [1.807, 2.05) is 0 Å². The van der Waals surface area contributed by atoms with Gasteiger partial charge in [-0.15, -0.1) is 0 Å². The molecule has 0 unspecified atom stereocenters. The minimum Gasteiger partial charge on any atom is -0.383 e. The maximum Gasteiger partial charge on any atom is 0.417 e. The predicted octanol–water partition coefficient (Wildman–Crippen LogP) is 3.67. The van der Waals surface area contributed by atoms with E-state index >= 15 is 0 Å². The fourth-order valence-electron chi connectivity index (χ4n) is 3.36. The lowest BCUT2D eigenvalue weighted by molar-refractivity contribution is -0.137. The molecule has 0 saturated heterocycles. The zero-order valence-electron chi connectivity index (χ0n) is 15.8.